The predicted molar refractivity (Wildman–Crippen MR) is 73.8 cm³/mol. The van der Waals surface area contributed by atoms with Crippen molar-refractivity contribution in [3.05, 3.63) is 35.4 Å². The zero-order valence-electron chi connectivity index (χ0n) is 11.7. The second-order valence-corrected chi connectivity index (χ2v) is 4.36. The van der Waals surface area contributed by atoms with Gasteiger partial charge in [0.15, 0.2) is 0 Å². The fraction of sp³-hybridized carbons (Fsp3) is 0.533. The average molecular weight is 235 g/mol. The van der Waals surface area contributed by atoms with Gasteiger partial charge >= 0.3 is 0 Å². The van der Waals surface area contributed by atoms with Crippen LogP contribution in [-0.2, 0) is 11.3 Å². The minimum Gasteiger partial charge on any atom is -0.352 e. The predicted octanol–water partition coefficient (Wildman–Crippen LogP) is 3.68. The van der Waals surface area contributed by atoms with Crippen molar-refractivity contribution in [3.8, 4) is 0 Å². The molecule has 0 aliphatic rings. The van der Waals surface area contributed by atoms with Crippen LogP contribution in [0.15, 0.2) is 24.3 Å². The molecule has 1 amide bonds. The van der Waals surface area contributed by atoms with Crippen LogP contribution in [0.5, 0.6) is 0 Å². The van der Waals surface area contributed by atoms with Crippen LogP contribution in [0.3, 0.4) is 0 Å². The summed E-state index contributed by atoms with van der Waals surface area (Å²) in [6, 6.07) is 8.19. The number of carbonyl (C=O) groups is 1. The first-order valence-electron chi connectivity index (χ1n) is 6.40. The van der Waals surface area contributed by atoms with E-state index < -0.39 is 0 Å². The van der Waals surface area contributed by atoms with Crippen LogP contribution in [0, 0.1) is 12.8 Å². The van der Waals surface area contributed by atoms with Crippen molar-refractivity contribution in [2.24, 2.45) is 5.92 Å². The van der Waals surface area contributed by atoms with Gasteiger partial charge in [-0.05, 0) is 18.4 Å². The van der Waals surface area contributed by atoms with Gasteiger partial charge < -0.3 is 5.32 Å². The molecule has 2 heteroatoms. The highest BCUT2D eigenvalue weighted by Crippen LogP contribution is 2.04. The molecule has 0 aliphatic carbocycles. The van der Waals surface area contributed by atoms with Gasteiger partial charge in [-0.1, -0.05) is 57.5 Å². The first kappa shape index (κ1) is 15.7. The molecule has 0 saturated heterocycles. The van der Waals surface area contributed by atoms with Crippen molar-refractivity contribution >= 4 is 5.91 Å². The molecule has 0 aromatic heterocycles. The van der Waals surface area contributed by atoms with Crippen LogP contribution < -0.4 is 5.32 Å². The van der Waals surface area contributed by atoms with Crippen LogP contribution in [0.1, 0.15) is 45.2 Å². The molecule has 0 radical (unpaired) electrons. The Morgan fingerprint density at radius 1 is 1.29 bits per heavy atom. The molecule has 0 atom stereocenters. The molecule has 0 fully saturated rings. The Morgan fingerprint density at radius 2 is 1.94 bits per heavy atom. The van der Waals surface area contributed by atoms with E-state index in [4.69, 9.17) is 0 Å². The summed E-state index contributed by atoms with van der Waals surface area (Å²) < 4.78 is 0. The van der Waals surface area contributed by atoms with Crippen molar-refractivity contribution in [2.45, 2.75) is 47.6 Å². The largest absolute Gasteiger partial charge is 0.352 e. The quantitative estimate of drug-likeness (QED) is 0.847. The third-order valence-electron chi connectivity index (χ3n) is 2.17. The maximum absolute atomic E-state index is 11.4. The lowest BCUT2D eigenvalue weighted by Gasteiger charge is -2.07. The summed E-state index contributed by atoms with van der Waals surface area (Å²) in [6.45, 7) is 10.8. The van der Waals surface area contributed by atoms with Crippen molar-refractivity contribution in [3.63, 3.8) is 0 Å². The second-order valence-electron chi connectivity index (χ2n) is 4.36. The van der Waals surface area contributed by atoms with Gasteiger partial charge in [0.1, 0.15) is 0 Å². The van der Waals surface area contributed by atoms with E-state index in [1.54, 1.807) is 0 Å². The van der Waals surface area contributed by atoms with E-state index in [1.165, 1.54) is 5.56 Å². The van der Waals surface area contributed by atoms with Gasteiger partial charge in [-0.15, -0.1) is 0 Å². The Kier molecular flexibility index (Phi) is 8.12. The number of nitrogens with one attached hydrogen (secondary N) is 1. The lowest BCUT2D eigenvalue weighted by Crippen LogP contribution is -2.23. The number of amides is 1. The molecule has 0 spiro atoms. The fourth-order valence-corrected chi connectivity index (χ4v) is 1.47. The van der Waals surface area contributed by atoms with Crippen molar-refractivity contribution in [1.82, 2.24) is 5.32 Å². The van der Waals surface area contributed by atoms with E-state index in [9.17, 15) is 4.79 Å². The molecule has 96 valence electrons. The van der Waals surface area contributed by atoms with Crippen molar-refractivity contribution in [2.75, 3.05) is 0 Å². The zero-order chi connectivity index (χ0) is 13.3. The van der Waals surface area contributed by atoms with Gasteiger partial charge in [-0.25, -0.2) is 0 Å². The second kappa shape index (κ2) is 8.80. The molecule has 0 aliphatic heterocycles. The van der Waals surface area contributed by atoms with E-state index in [0.717, 1.165) is 5.56 Å². The molecular formula is C15H25NO. The molecule has 1 aromatic rings. The van der Waals surface area contributed by atoms with Gasteiger partial charge in [0.2, 0.25) is 5.91 Å². The summed E-state index contributed by atoms with van der Waals surface area (Å²) >= 11 is 0. The summed E-state index contributed by atoms with van der Waals surface area (Å²) in [6.07, 6.45) is 0.603. The highest BCUT2D eigenvalue weighted by molar-refractivity contribution is 5.76. The molecule has 0 unspecified atom stereocenters. The highest BCUT2D eigenvalue weighted by atomic mass is 16.1. The molecule has 0 saturated carbocycles. The van der Waals surface area contributed by atoms with E-state index in [0.29, 0.717) is 18.9 Å². The smallest absolute Gasteiger partial charge is 0.220 e. The third kappa shape index (κ3) is 7.56. The maximum Gasteiger partial charge on any atom is 0.220 e. The lowest BCUT2D eigenvalue weighted by molar-refractivity contribution is -0.121. The molecule has 2 nitrogen and oxygen atoms in total. The maximum atomic E-state index is 11.4. The van der Waals surface area contributed by atoms with Gasteiger partial charge in [0.25, 0.3) is 0 Å². The van der Waals surface area contributed by atoms with Crippen LogP contribution >= 0.6 is 0 Å². The average Bonchev–Trinajstić information content (AvgIpc) is 2.28. The van der Waals surface area contributed by atoms with E-state index in [1.807, 2.05) is 39.8 Å². The first-order valence-corrected chi connectivity index (χ1v) is 6.40. The summed E-state index contributed by atoms with van der Waals surface area (Å²) in [7, 11) is 0. The summed E-state index contributed by atoms with van der Waals surface area (Å²) in [5.74, 6) is 0.550. The lowest BCUT2D eigenvalue weighted by atomic mass is 10.1. The first-order chi connectivity index (χ1) is 8.08. The third-order valence-corrected chi connectivity index (χ3v) is 2.17. The van der Waals surface area contributed by atoms with Gasteiger partial charge in [0, 0.05) is 13.0 Å². The zero-order valence-corrected chi connectivity index (χ0v) is 11.7. The molecule has 17 heavy (non-hydrogen) atoms. The molecule has 1 N–H and O–H groups in total. The molecule has 1 aromatic carbocycles. The summed E-state index contributed by atoms with van der Waals surface area (Å²) in [4.78, 5) is 11.4. The number of hydrogen-bond acceptors (Lipinski definition) is 1. The standard InChI is InChI=1S/C13H19NO.C2H6/c1-10(2)7-13(15)14-9-12-6-4-5-11(3)8-12;1-2/h4-6,8,10H,7,9H2,1-3H3,(H,14,15);1-2H3. The topological polar surface area (TPSA) is 29.1 Å². The molecule has 0 bridgehead atoms. The Labute approximate surface area is 105 Å². The molecule has 1 rings (SSSR count). The molecule has 0 heterocycles. The highest BCUT2D eigenvalue weighted by Gasteiger charge is 2.03. The monoisotopic (exact) mass is 235 g/mol. The minimum absolute atomic E-state index is 0.131. The Morgan fingerprint density at radius 3 is 2.47 bits per heavy atom. The van der Waals surface area contributed by atoms with Gasteiger partial charge in [-0.2, -0.15) is 0 Å². The number of aryl methyl sites for hydroxylation is 1. The minimum atomic E-state index is 0.131. The Bertz CT molecular complexity index is 331. The summed E-state index contributed by atoms with van der Waals surface area (Å²) in [5.41, 5.74) is 2.39. The van der Waals surface area contributed by atoms with Crippen molar-refractivity contribution < 1.29 is 4.79 Å². The van der Waals surface area contributed by atoms with E-state index >= 15 is 0 Å². The number of carbonyl (C=O) groups excluding carboxylic acids is 1. The van der Waals surface area contributed by atoms with Crippen LogP contribution in [-0.4, -0.2) is 5.91 Å². The van der Waals surface area contributed by atoms with Gasteiger partial charge in [-0.3, -0.25) is 4.79 Å². The van der Waals surface area contributed by atoms with E-state index in [2.05, 4.69) is 24.4 Å². The number of benzene rings is 1. The van der Waals surface area contributed by atoms with Gasteiger partial charge in [0.05, 0.1) is 0 Å². The Hall–Kier alpha value is -1.31. The summed E-state index contributed by atoms with van der Waals surface area (Å²) in [5, 5.41) is 2.92. The van der Waals surface area contributed by atoms with Crippen LogP contribution in [0.25, 0.3) is 0 Å². The number of rotatable bonds is 4. The number of hydrogen-bond donors (Lipinski definition) is 1. The Balaban J connectivity index is 0.00000121. The van der Waals surface area contributed by atoms with Crippen LogP contribution in [0.2, 0.25) is 0 Å². The van der Waals surface area contributed by atoms with Crippen LogP contribution in [0.4, 0.5) is 0 Å². The molecular weight excluding hydrogens is 210 g/mol. The fourth-order valence-electron chi connectivity index (χ4n) is 1.47. The van der Waals surface area contributed by atoms with E-state index in [-0.39, 0.29) is 5.91 Å². The normalized spacial score (nSPS) is 9.53. The SMILES string of the molecule is CC.Cc1cccc(CNC(=O)CC(C)C)c1. The van der Waals surface area contributed by atoms with Crippen molar-refractivity contribution in [1.29, 1.82) is 0 Å².